The highest BCUT2D eigenvalue weighted by molar-refractivity contribution is 5.15. The fraction of sp³-hybridized carbons (Fsp3) is 0.917. The van der Waals surface area contributed by atoms with Crippen molar-refractivity contribution in [2.45, 2.75) is 87.5 Å². The molecule has 0 saturated heterocycles. The van der Waals surface area contributed by atoms with E-state index < -0.39 is 0 Å². The largest absolute Gasteiger partial charge is 0.389 e. The van der Waals surface area contributed by atoms with E-state index in [0.29, 0.717) is 98.4 Å². The summed E-state index contributed by atoms with van der Waals surface area (Å²) in [5, 5.41) is 12.2. The van der Waals surface area contributed by atoms with E-state index >= 15 is 0 Å². The summed E-state index contributed by atoms with van der Waals surface area (Å²) in [6.45, 7) is 31.8. The third-order valence-corrected chi connectivity index (χ3v) is 6.11. The molecule has 0 radical (unpaired) electrons. The van der Waals surface area contributed by atoms with Gasteiger partial charge in [-0.2, -0.15) is 0 Å². The molecule has 11 heteroatoms. The molecule has 0 saturated carbocycles. The zero-order chi connectivity index (χ0) is 35.9. The Hall–Kier alpha value is -1.15. The quantitative estimate of drug-likeness (QED) is 0.0531. The van der Waals surface area contributed by atoms with Gasteiger partial charge in [-0.1, -0.05) is 67.4 Å². The van der Waals surface area contributed by atoms with Crippen LogP contribution in [0, 0.1) is 11.3 Å². The lowest BCUT2D eigenvalue weighted by Gasteiger charge is -2.14. The highest BCUT2D eigenvalue weighted by atomic mass is 16.6. The minimum Gasteiger partial charge on any atom is -0.389 e. The van der Waals surface area contributed by atoms with Gasteiger partial charge in [0.05, 0.1) is 92.5 Å². The molecule has 0 aliphatic carbocycles. The highest BCUT2D eigenvalue weighted by Crippen LogP contribution is 2.18. The normalized spacial score (nSPS) is 11.4. The monoisotopic (exact) mass is 682 g/mol. The van der Waals surface area contributed by atoms with E-state index in [1.165, 1.54) is 18.4 Å². The van der Waals surface area contributed by atoms with Crippen molar-refractivity contribution in [3.05, 3.63) is 11.8 Å². The maximum absolute atomic E-state index is 5.61. The maximum atomic E-state index is 5.61. The third-order valence-electron chi connectivity index (χ3n) is 6.11. The van der Waals surface area contributed by atoms with Gasteiger partial charge in [0.15, 0.2) is 0 Å². The Balaban J connectivity index is -0.00000145. The first kappa shape index (κ1) is 52.7. The Bertz CT molecular complexity index is 548. The molecule has 11 nitrogen and oxygen atoms in total. The van der Waals surface area contributed by atoms with Crippen molar-refractivity contribution in [3.63, 3.8) is 0 Å². The van der Waals surface area contributed by atoms with Crippen molar-refractivity contribution in [1.82, 2.24) is 10.6 Å². The summed E-state index contributed by atoms with van der Waals surface area (Å²) in [5.41, 5.74) is 1.50. The summed E-state index contributed by atoms with van der Waals surface area (Å²) < 4.78 is 44.1. The SMILES string of the molecule is C=N.CC.CC.CCCOCCOCCCNCCOCCOCCOCCOCCOCCOCCN/C=C(/CCC)C(C)CC. The molecule has 0 heterocycles. The van der Waals surface area contributed by atoms with Gasteiger partial charge in [0, 0.05) is 26.3 Å². The van der Waals surface area contributed by atoms with E-state index in [2.05, 4.69) is 51.2 Å². The van der Waals surface area contributed by atoms with E-state index in [0.717, 1.165) is 52.1 Å². The average molecular weight is 682 g/mol. The molecule has 0 bridgehead atoms. The van der Waals surface area contributed by atoms with E-state index in [4.69, 9.17) is 43.3 Å². The molecule has 1 unspecified atom stereocenters. The number of ether oxygens (including phenoxy) is 8. The molecule has 0 amide bonds. The fourth-order valence-electron chi connectivity index (χ4n) is 3.58. The van der Waals surface area contributed by atoms with Crippen molar-refractivity contribution in [2.75, 3.05) is 125 Å². The Morgan fingerprint density at radius 2 is 0.915 bits per heavy atom. The molecule has 0 fully saturated rings. The lowest BCUT2D eigenvalue weighted by molar-refractivity contribution is -0.0163. The fourth-order valence-corrected chi connectivity index (χ4v) is 3.58. The van der Waals surface area contributed by atoms with Crippen LogP contribution in [0.15, 0.2) is 11.8 Å². The van der Waals surface area contributed by atoms with Crippen LogP contribution in [0.2, 0.25) is 0 Å². The Morgan fingerprint density at radius 1 is 0.532 bits per heavy atom. The number of rotatable bonds is 35. The van der Waals surface area contributed by atoms with Crippen LogP contribution in [0.4, 0.5) is 0 Å². The molecule has 47 heavy (non-hydrogen) atoms. The maximum Gasteiger partial charge on any atom is 0.0701 e. The van der Waals surface area contributed by atoms with E-state index in [-0.39, 0.29) is 0 Å². The average Bonchev–Trinajstić information content (AvgIpc) is 3.12. The summed E-state index contributed by atoms with van der Waals surface area (Å²) in [5.74, 6) is 0.636. The molecule has 0 aromatic rings. The lowest BCUT2D eigenvalue weighted by atomic mass is 9.95. The van der Waals surface area contributed by atoms with Crippen molar-refractivity contribution >= 4 is 6.72 Å². The van der Waals surface area contributed by atoms with Gasteiger partial charge >= 0.3 is 0 Å². The van der Waals surface area contributed by atoms with Gasteiger partial charge in [0.1, 0.15) is 0 Å². The number of allylic oxidation sites excluding steroid dienone is 1. The minimum absolute atomic E-state index is 0.546. The van der Waals surface area contributed by atoms with Crippen molar-refractivity contribution < 1.29 is 37.9 Å². The van der Waals surface area contributed by atoms with Crippen molar-refractivity contribution in [3.8, 4) is 0 Å². The van der Waals surface area contributed by atoms with Gasteiger partial charge in [-0.05, 0) is 51.1 Å². The second kappa shape index (κ2) is 54.3. The summed E-state index contributed by atoms with van der Waals surface area (Å²) in [6.07, 6.45) is 7.73. The smallest absolute Gasteiger partial charge is 0.0701 e. The van der Waals surface area contributed by atoms with Crippen LogP contribution < -0.4 is 10.6 Å². The zero-order valence-electron chi connectivity index (χ0n) is 32.1. The van der Waals surface area contributed by atoms with E-state index in [1.54, 1.807) is 0 Å². The standard InChI is InChI=1S/C31H64N2O8.2C2H6.CH3N/c1-5-9-31(30(4)7-3)29-33-12-16-37-20-22-39-24-26-41-28-27-40-25-23-38-21-19-36-15-11-32-10-8-14-35-18-17-34-13-6-2;3*1-2/h29-30,32-33H,5-28H2,1-4H3;2*1-2H3;2H,1H2/b31-29-;;;. The molecule has 0 aromatic carbocycles. The van der Waals surface area contributed by atoms with E-state index in [9.17, 15) is 0 Å². The highest BCUT2D eigenvalue weighted by Gasteiger charge is 2.05. The predicted octanol–water partition coefficient (Wildman–Crippen LogP) is 6.15. The van der Waals surface area contributed by atoms with Crippen LogP contribution in [0.1, 0.15) is 87.5 Å². The van der Waals surface area contributed by atoms with Crippen molar-refractivity contribution in [2.24, 2.45) is 5.92 Å². The molecule has 286 valence electrons. The van der Waals surface area contributed by atoms with Crippen molar-refractivity contribution in [1.29, 1.82) is 5.41 Å². The number of hydrogen-bond donors (Lipinski definition) is 3. The van der Waals surface area contributed by atoms with Crippen LogP contribution in [-0.2, 0) is 37.9 Å². The topological polar surface area (TPSA) is 122 Å². The number of nitrogens with one attached hydrogen (secondary N) is 3. The molecule has 0 aliphatic heterocycles. The Labute approximate surface area is 291 Å². The summed E-state index contributed by atoms with van der Waals surface area (Å²) in [7, 11) is 0. The van der Waals surface area contributed by atoms with Crippen LogP contribution in [0.3, 0.4) is 0 Å². The van der Waals surface area contributed by atoms with Gasteiger partial charge in [-0.3, -0.25) is 0 Å². The molecule has 0 spiro atoms. The Kier molecular flexibility index (Phi) is 60.8. The predicted molar refractivity (Wildman–Crippen MR) is 197 cm³/mol. The molecular weight excluding hydrogens is 602 g/mol. The van der Waals surface area contributed by atoms with Gasteiger partial charge in [0.2, 0.25) is 0 Å². The minimum atomic E-state index is 0.546. The second-order valence-electron chi connectivity index (χ2n) is 9.74. The summed E-state index contributed by atoms with van der Waals surface area (Å²) in [6, 6.07) is 0. The van der Waals surface area contributed by atoms with Gasteiger partial charge in [0.25, 0.3) is 0 Å². The summed E-state index contributed by atoms with van der Waals surface area (Å²) >= 11 is 0. The van der Waals surface area contributed by atoms with Crippen LogP contribution in [0.25, 0.3) is 0 Å². The molecule has 0 aliphatic rings. The lowest BCUT2D eigenvalue weighted by Crippen LogP contribution is -2.23. The third kappa shape index (κ3) is 49.3. The molecule has 0 aromatic heterocycles. The molecule has 0 rings (SSSR count). The van der Waals surface area contributed by atoms with Crippen LogP contribution in [0.5, 0.6) is 0 Å². The van der Waals surface area contributed by atoms with Gasteiger partial charge < -0.3 is 53.9 Å². The molecule has 3 N–H and O–H groups in total. The molecule has 1 atom stereocenters. The van der Waals surface area contributed by atoms with Gasteiger partial charge in [-0.15, -0.1) is 0 Å². The van der Waals surface area contributed by atoms with Crippen LogP contribution >= 0.6 is 0 Å². The first-order chi connectivity index (χ1) is 23.3. The van der Waals surface area contributed by atoms with Gasteiger partial charge in [-0.25, -0.2) is 0 Å². The molecular formula is C36H79N3O8. The summed E-state index contributed by atoms with van der Waals surface area (Å²) in [4.78, 5) is 0. The number of hydrogen-bond acceptors (Lipinski definition) is 11. The first-order valence-corrected chi connectivity index (χ1v) is 18.4. The zero-order valence-corrected chi connectivity index (χ0v) is 32.1. The second-order valence-corrected chi connectivity index (χ2v) is 9.74. The van der Waals surface area contributed by atoms with E-state index in [1.807, 2.05) is 27.7 Å². The van der Waals surface area contributed by atoms with Crippen LogP contribution in [-0.4, -0.2) is 132 Å². The first-order valence-electron chi connectivity index (χ1n) is 18.4. The Morgan fingerprint density at radius 3 is 1.32 bits per heavy atom.